The SMILES string of the molecule is C1=CC2CC2C=C1c1ccc2ccccc2c1. The van der Waals surface area contributed by atoms with Crippen LogP contribution < -0.4 is 0 Å². The summed E-state index contributed by atoms with van der Waals surface area (Å²) in [7, 11) is 0. The Hall–Kier alpha value is -1.82. The maximum absolute atomic E-state index is 2.44. The highest BCUT2D eigenvalue weighted by atomic mass is 14.4. The van der Waals surface area contributed by atoms with Gasteiger partial charge < -0.3 is 0 Å². The Balaban J connectivity index is 1.83. The molecule has 0 saturated heterocycles. The molecular weight excluding hydrogens is 204 g/mol. The molecule has 82 valence electrons. The Morgan fingerprint density at radius 1 is 0.882 bits per heavy atom. The average molecular weight is 218 g/mol. The topological polar surface area (TPSA) is 0 Å². The second-order valence-corrected chi connectivity index (χ2v) is 5.11. The van der Waals surface area contributed by atoms with E-state index in [2.05, 4.69) is 60.7 Å². The fourth-order valence-electron chi connectivity index (χ4n) is 2.72. The Kier molecular flexibility index (Phi) is 1.81. The van der Waals surface area contributed by atoms with Crippen molar-refractivity contribution in [1.29, 1.82) is 0 Å². The first-order chi connectivity index (χ1) is 8.40. The fraction of sp³-hybridized carbons (Fsp3) is 0.176. The van der Waals surface area contributed by atoms with Crippen molar-refractivity contribution in [3.8, 4) is 0 Å². The molecule has 0 nitrogen and oxygen atoms in total. The summed E-state index contributed by atoms with van der Waals surface area (Å²) < 4.78 is 0. The molecule has 2 aromatic rings. The van der Waals surface area contributed by atoms with Gasteiger partial charge in [-0.1, -0.05) is 54.6 Å². The number of allylic oxidation sites excluding steroid dienone is 4. The van der Waals surface area contributed by atoms with Gasteiger partial charge in [-0.2, -0.15) is 0 Å². The standard InChI is InChI=1S/C17H14/c1-2-4-13-9-14(6-5-12(13)3-1)15-7-8-16-11-17(16)10-15/h1-10,16-17H,11H2. The van der Waals surface area contributed by atoms with Crippen LogP contribution in [0.1, 0.15) is 12.0 Å². The second kappa shape index (κ2) is 3.33. The minimum absolute atomic E-state index is 0.821. The third kappa shape index (κ3) is 1.52. The van der Waals surface area contributed by atoms with Crippen molar-refractivity contribution < 1.29 is 0 Å². The predicted molar refractivity (Wildman–Crippen MR) is 72.7 cm³/mol. The zero-order valence-electron chi connectivity index (χ0n) is 9.64. The van der Waals surface area contributed by atoms with Crippen molar-refractivity contribution in [1.82, 2.24) is 0 Å². The van der Waals surface area contributed by atoms with Crippen LogP contribution in [0.3, 0.4) is 0 Å². The van der Waals surface area contributed by atoms with Gasteiger partial charge in [-0.25, -0.2) is 0 Å². The van der Waals surface area contributed by atoms with E-state index < -0.39 is 0 Å². The van der Waals surface area contributed by atoms with Gasteiger partial charge >= 0.3 is 0 Å². The quantitative estimate of drug-likeness (QED) is 0.664. The monoisotopic (exact) mass is 218 g/mol. The van der Waals surface area contributed by atoms with Gasteiger partial charge in [-0.3, -0.25) is 0 Å². The lowest BCUT2D eigenvalue weighted by atomic mass is 9.97. The summed E-state index contributed by atoms with van der Waals surface area (Å²) in [6, 6.07) is 15.3. The van der Waals surface area contributed by atoms with E-state index in [1.54, 1.807) is 0 Å². The minimum Gasteiger partial charge on any atom is -0.0802 e. The molecule has 2 atom stereocenters. The highest BCUT2D eigenvalue weighted by Gasteiger charge is 2.34. The van der Waals surface area contributed by atoms with Crippen LogP contribution in [0.25, 0.3) is 16.3 Å². The lowest BCUT2D eigenvalue weighted by Crippen LogP contribution is -1.88. The molecule has 1 saturated carbocycles. The number of benzene rings is 2. The highest BCUT2D eigenvalue weighted by Crippen LogP contribution is 2.46. The molecule has 0 amide bonds. The molecule has 0 spiro atoms. The Morgan fingerprint density at radius 2 is 1.76 bits per heavy atom. The number of hydrogen-bond donors (Lipinski definition) is 0. The summed E-state index contributed by atoms with van der Waals surface area (Å²) in [5.74, 6) is 1.67. The lowest BCUT2D eigenvalue weighted by molar-refractivity contribution is 0.985. The van der Waals surface area contributed by atoms with Crippen molar-refractivity contribution in [2.75, 3.05) is 0 Å². The molecule has 2 aromatic carbocycles. The van der Waals surface area contributed by atoms with Crippen molar-refractivity contribution in [3.63, 3.8) is 0 Å². The van der Waals surface area contributed by atoms with Crippen molar-refractivity contribution in [2.24, 2.45) is 11.8 Å². The molecule has 1 fully saturated rings. The van der Waals surface area contributed by atoms with Gasteiger partial charge in [0.1, 0.15) is 0 Å². The smallest absolute Gasteiger partial charge is 0.0155 e. The Morgan fingerprint density at radius 3 is 2.65 bits per heavy atom. The fourth-order valence-corrected chi connectivity index (χ4v) is 2.72. The zero-order valence-corrected chi connectivity index (χ0v) is 9.64. The number of hydrogen-bond acceptors (Lipinski definition) is 0. The molecule has 4 rings (SSSR count). The van der Waals surface area contributed by atoms with Gasteiger partial charge in [-0.15, -0.1) is 0 Å². The van der Waals surface area contributed by atoms with Crippen LogP contribution in [0.4, 0.5) is 0 Å². The average Bonchev–Trinajstić information content (AvgIpc) is 3.16. The van der Waals surface area contributed by atoms with E-state index in [9.17, 15) is 0 Å². The van der Waals surface area contributed by atoms with Gasteiger partial charge in [0.05, 0.1) is 0 Å². The normalized spacial score (nSPS) is 25.5. The van der Waals surface area contributed by atoms with Crippen molar-refractivity contribution in [2.45, 2.75) is 6.42 Å². The van der Waals surface area contributed by atoms with E-state index in [1.165, 1.54) is 28.3 Å². The molecule has 0 aliphatic heterocycles. The van der Waals surface area contributed by atoms with E-state index in [4.69, 9.17) is 0 Å². The van der Waals surface area contributed by atoms with E-state index in [0.29, 0.717) is 0 Å². The zero-order chi connectivity index (χ0) is 11.2. The predicted octanol–water partition coefficient (Wildman–Crippen LogP) is 4.43. The summed E-state index contributed by atoms with van der Waals surface area (Å²) in [6.07, 6.45) is 8.45. The molecule has 0 radical (unpaired) electrons. The van der Waals surface area contributed by atoms with Crippen molar-refractivity contribution >= 4 is 16.3 Å². The molecule has 2 aliphatic rings. The Bertz CT molecular complexity index is 646. The van der Waals surface area contributed by atoms with Crippen LogP contribution in [0.2, 0.25) is 0 Å². The summed E-state index contributed by atoms with van der Waals surface area (Å²) in [4.78, 5) is 0. The molecule has 0 aromatic heterocycles. The van der Waals surface area contributed by atoms with Crippen LogP contribution in [0, 0.1) is 11.8 Å². The number of rotatable bonds is 1. The summed E-state index contributed by atoms with van der Waals surface area (Å²) in [5, 5.41) is 2.65. The van der Waals surface area contributed by atoms with Crippen molar-refractivity contribution in [3.05, 3.63) is 66.3 Å². The van der Waals surface area contributed by atoms with Gasteiger partial charge in [0.15, 0.2) is 0 Å². The first-order valence-corrected chi connectivity index (χ1v) is 6.29. The van der Waals surface area contributed by atoms with Gasteiger partial charge in [0, 0.05) is 0 Å². The summed E-state index contributed by atoms with van der Waals surface area (Å²) in [5.41, 5.74) is 2.75. The van der Waals surface area contributed by atoms with E-state index >= 15 is 0 Å². The van der Waals surface area contributed by atoms with E-state index in [0.717, 1.165) is 11.8 Å². The van der Waals surface area contributed by atoms with Crippen LogP contribution in [0.15, 0.2) is 60.7 Å². The molecule has 0 heterocycles. The Labute approximate surface area is 101 Å². The molecule has 17 heavy (non-hydrogen) atoms. The first-order valence-electron chi connectivity index (χ1n) is 6.29. The van der Waals surface area contributed by atoms with Crippen LogP contribution in [0.5, 0.6) is 0 Å². The second-order valence-electron chi connectivity index (χ2n) is 5.11. The van der Waals surface area contributed by atoms with Gasteiger partial charge in [-0.05, 0) is 46.2 Å². The third-order valence-corrected chi connectivity index (χ3v) is 3.89. The first kappa shape index (κ1) is 9.23. The van der Waals surface area contributed by atoms with Gasteiger partial charge in [0.2, 0.25) is 0 Å². The van der Waals surface area contributed by atoms with Crippen LogP contribution in [-0.2, 0) is 0 Å². The molecule has 0 bridgehead atoms. The van der Waals surface area contributed by atoms with E-state index in [-0.39, 0.29) is 0 Å². The minimum atomic E-state index is 0.821. The van der Waals surface area contributed by atoms with Gasteiger partial charge in [0.25, 0.3) is 0 Å². The third-order valence-electron chi connectivity index (χ3n) is 3.89. The van der Waals surface area contributed by atoms with Crippen LogP contribution in [-0.4, -0.2) is 0 Å². The lowest BCUT2D eigenvalue weighted by Gasteiger charge is -2.08. The maximum Gasteiger partial charge on any atom is -0.0155 e. The number of fused-ring (bicyclic) bond motifs is 2. The molecule has 2 aliphatic carbocycles. The summed E-state index contributed by atoms with van der Waals surface area (Å²) in [6.45, 7) is 0. The molecule has 0 N–H and O–H groups in total. The highest BCUT2D eigenvalue weighted by molar-refractivity contribution is 5.88. The molecule has 2 unspecified atom stereocenters. The van der Waals surface area contributed by atoms with E-state index in [1.807, 2.05) is 0 Å². The molecular formula is C17H14. The summed E-state index contributed by atoms with van der Waals surface area (Å²) >= 11 is 0. The largest absolute Gasteiger partial charge is 0.0802 e. The van der Waals surface area contributed by atoms with Crippen LogP contribution >= 0.6 is 0 Å². The maximum atomic E-state index is 2.44. The molecule has 0 heteroatoms.